The third-order valence-corrected chi connectivity index (χ3v) is 8.00. The molecule has 1 aliphatic heterocycles. The Labute approximate surface area is 199 Å². The number of aromatic nitrogens is 6. The number of hydrogen-bond acceptors (Lipinski definition) is 6. The number of fused-ring (bicyclic) bond motifs is 1. The summed E-state index contributed by atoms with van der Waals surface area (Å²) in [7, 11) is 0. The lowest BCUT2D eigenvalue weighted by Gasteiger charge is -2.30. The summed E-state index contributed by atoms with van der Waals surface area (Å²) < 4.78 is 21.5. The predicted molar refractivity (Wildman–Crippen MR) is 126 cm³/mol. The number of halogens is 1. The molecule has 1 saturated heterocycles. The van der Waals surface area contributed by atoms with Crippen LogP contribution in [0.15, 0.2) is 12.4 Å². The molecule has 0 amide bonds. The second-order valence-corrected chi connectivity index (χ2v) is 10.5. The Balaban J connectivity index is 1.32. The third kappa shape index (κ3) is 4.21. The van der Waals surface area contributed by atoms with Gasteiger partial charge < -0.3 is 4.74 Å². The molecule has 0 N–H and O–H groups in total. The van der Waals surface area contributed by atoms with Gasteiger partial charge in [0.2, 0.25) is 0 Å². The smallest absolute Gasteiger partial charge is 0.182 e. The van der Waals surface area contributed by atoms with Gasteiger partial charge in [-0.1, -0.05) is 0 Å². The van der Waals surface area contributed by atoms with Crippen LogP contribution >= 0.6 is 0 Å². The Bertz CT molecular complexity index is 1180. The molecule has 7 nitrogen and oxygen atoms in total. The molecule has 2 atom stereocenters. The van der Waals surface area contributed by atoms with Crippen LogP contribution in [0.4, 0.5) is 4.39 Å². The van der Waals surface area contributed by atoms with Crippen LogP contribution < -0.4 is 0 Å². The number of ether oxygens (including phenoxy) is 1. The fraction of sp³-hybridized carbons (Fsp3) is 0.654. The van der Waals surface area contributed by atoms with Crippen LogP contribution in [0.25, 0.3) is 11.2 Å². The molecule has 4 heterocycles. The SMILES string of the molecule is Cc1nc2nc([C@H]3CCO[C@@H](c4cnn(C5CC5)c4)C3)nc(C3CCC(CF)CC3)c2nc1C. The summed E-state index contributed by atoms with van der Waals surface area (Å²) in [5.74, 6) is 1.54. The first-order chi connectivity index (χ1) is 16.6. The molecule has 3 aromatic rings. The second kappa shape index (κ2) is 8.95. The zero-order valence-corrected chi connectivity index (χ0v) is 20.1. The van der Waals surface area contributed by atoms with Crippen LogP contribution in [-0.2, 0) is 4.74 Å². The minimum Gasteiger partial charge on any atom is -0.373 e. The fourth-order valence-corrected chi connectivity index (χ4v) is 5.53. The Morgan fingerprint density at radius 3 is 2.50 bits per heavy atom. The Morgan fingerprint density at radius 2 is 1.74 bits per heavy atom. The van der Waals surface area contributed by atoms with Crippen molar-refractivity contribution in [3.63, 3.8) is 0 Å². The fourth-order valence-electron chi connectivity index (χ4n) is 5.53. The number of nitrogens with zero attached hydrogens (tertiary/aromatic N) is 6. The standard InChI is InChI=1S/C26H33FN6O/c1-15-16(2)30-26-24(29-15)23(18-5-3-17(12-27)4-6-18)31-25(32-26)19-9-10-34-22(11-19)20-13-28-33(14-20)21-7-8-21/h13-14,17-19,21-22H,3-12H2,1-2H3/t17?,18?,19-,22+/m0/s1. The lowest BCUT2D eigenvalue weighted by molar-refractivity contribution is 0.00390. The number of hydrogen-bond donors (Lipinski definition) is 0. The summed E-state index contributed by atoms with van der Waals surface area (Å²) in [5, 5.41) is 4.56. The van der Waals surface area contributed by atoms with Crippen LogP contribution in [0, 0.1) is 19.8 Å². The monoisotopic (exact) mass is 464 g/mol. The first-order valence-corrected chi connectivity index (χ1v) is 12.8. The lowest BCUT2D eigenvalue weighted by atomic mass is 9.80. The van der Waals surface area contributed by atoms with Gasteiger partial charge in [0.1, 0.15) is 11.3 Å². The Kier molecular flexibility index (Phi) is 5.79. The van der Waals surface area contributed by atoms with E-state index in [0.29, 0.717) is 18.3 Å². The van der Waals surface area contributed by atoms with E-state index in [-0.39, 0.29) is 30.5 Å². The molecule has 34 heavy (non-hydrogen) atoms. The second-order valence-electron chi connectivity index (χ2n) is 10.5. The molecule has 6 rings (SSSR count). The minimum atomic E-state index is -0.221. The molecule has 2 saturated carbocycles. The van der Waals surface area contributed by atoms with Gasteiger partial charge in [-0.2, -0.15) is 5.10 Å². The van der Waals surface area contributed by atoms with Crippen molar-refractivity contribution < 1.29 is 9.13 Å². The average Bonchev–Trinajstić information content (AvgIpc) is 3.60. The van der Waals surface area contributed by atoms with Crippen molar-refractivity contribution in [2.24, 2.45) is 5.92 Å². The van der Waals surface area contributed by atoms with Crippen molar-refractivity contribution in [1.82, 2.24) is 29.7 Å². The van der Waals surface area contributed by atoms with Gasteiger partial charge in [0.25, 0.3) is 0 Å². The Morgan fingerprint density at radius 1 is 0.941 bits per heavy atom. The van der Waals surface area contributed by atoms with E-state index in [2.05, 4.69) is 16.0 Å². The predicted octanol–water partition coefficient (Wildman–Crippen LogP) is 5.45. The maximum Gasteiger partial charge on any atom is 0.182 e. The summed E-state index contributed by atoms with van der Waals surface area (Å²) in [4.78, 5) is 19.8. The van der Waals surface area contributed by atoms with Gasteiger partial charge in [-0.25, -0.2) is 19.9 Å². The molecular weight excluding hydrogens is 431 g/mol. The first-order valence-electron chi connectivity index (χ1n) is 12.8. The van der Waals surface area contributed by atoms with E-state index in [1.54, 1.807) is 0 Å². The van der Waals surface area contributed by atoms with Gasteiger partial charge in [-0.05, 0) is 71.1 Å². The largest absolute Gasteiger partial charge is 0.373 e. The minimum absolute atomic E-state index is 0.0137. The molecule has 180 valence electrons. The highest BCUT2D eigenvalue weighted by molar-refractivity contribution is 5.73. The van der Waals surface area contributed by atoms with Gasteiger partial charge in [0.15, 0.2) is 5.65 Å². The van der Waals surface area contributed by atoms with Crippen LogP contribution in [0.1, 0.15) is 104 Å². The topological polar surface area (TPSA) is 78.6 Å². The number of rotatable bonds is 5. The van der Waals surface area contributed by atoms with E-state index < -0.39 is 0 Å². The van der Waals surface area contributed by atoms with E-state index in [1.807, 2.05) is 20.0 Å². The first kappa shape index (κ1) is 22.0. The highest BCUT2D eigenvalue weighted by atomic mass is 19.1. The summed E-state index contributed by atoms with van der Waals surface area (Å²) in [6.45, 7) is 4.43. The molecule has 3 fully saturated rings. The highest BCUT2D eigenvalue weighted by Gasteiger charge is 2.32. The molecule has 8 heteroatoms. The summed E-state index contributed by atoms with van der Waals surface area (Å²) in [6.07, 6.45) is 12.0. The molecule has 3 aromatic heterocycles. The molecule has 0 radical (unpaired) electrons. The van der Waals surface area contributed by atoms with E-state index in [4.69, 9.17) is 24.7 Å². The van der Waals surface area contributed by atoms with Gasteiger partial charge >= 0.3 is 0 Å². The molecule has 0 bridgehead atoms. The molecule has 0 unspecified atom stereocenters. The van der Waals surface area contributed by atoms with E-state index >= 15 is 0 Å². The number of aryl methyl sites for hydroxylation is 2. The summed E-state index contributed by atoms with van der Waals surface area (Å²) >= 11 is 0. The van der Waals surface area contributed by atoms with Crippen molar-refractivity contribution >= 4 is 11.2 Å². The van der Waals surface area contributed by atoms with Crippen molar-refractivity contribution in [3.05, 3.63) is 40.9 Å². The third-order valence-electron chi connectivity index (χ3n) is 8.00. The molecule has 2 aliphatic carbocycles. The maximum absolute atomic E-state index is 13.2. The quantitative estimate of drug-likeness (QED) is 0.500. The van der Waals surface area contributed by atoms with Crippen molar-refractivity contribution in [2.75, 3.05) is 13.3 Å². The molecule has 3 aliphatic rings. The van der Waals surface area contributed by atoms with Gasteiger partial charge in [0, 0.05) is 30.2 Å². The van der Waals surface area contributed by atoms with Gasteiger partial charge in [0.05, 0.1) is 42.1 Å². The number of alkyl halides is 1. The van der Waals surface area contributed by atoms with E-state index in [1.165, 1.54) is 12.8 Å². The van der Waals surface area contributed by atoms with E-state index in [0.717, 1.165) is 72.5 Å². The summed E-state index contributed by atoms with van der Waals surface area (Å²) in [5.41, 5.74) is 5.50. The maximum atomic E-state index is 13.2. The molecular formula is C26H33FN6O. The van der Waals surface area contributed by atoms with Crippen molar-refractivity contribution in [2.45, 2.75) is 89.2 Å². The molecule has 0 spiro atoms. The van der Waals surface area contributed by atoms with Gasteiger partial charge in [-0.3, -0.25) is 9.07 Å². The van der Waals surface area contributed by atoms with E-state index in [9.17, 15) is 4.39 Å². The van der Waals surface area contributed by atoms with Crippen molar-refractivity contribution in [3.8, 4) is 0 Å². The van der Waals surface area contributed by atoms with Crippen LogP contribution in [0.2, 0.25) is 0 Å². The van der Waals surface area contributed by atoms with Crippen LogP contribution in [0.3, 0.4) is 0 Å². The summed E-state index contributed by atoms with van der Waals surface area (Å²) in [6, 6.07) is 0.567. The van der Waals surface area contributed by atoms with Crippen molar-refractivity contribution in [1.29, 1.82) is 0 Å². The van der Waals surface area contributed by atoms with Crippen LogP contribution in [-0.4, -0.2) is 43.0 Å². The van der Waals surface area contributed by atoms with Gasteiger partial charge in [-0.15, -0.1) is 0 Å². The lowest BCUT2D eigenvalue weighted by Crippen LogP contribution is -2.22. The Hall–Kier alpha value is -2.48. The highest BCUT2D eigenvalue weighted by Crippen LogP contribution is 2.41. The normalized spacial score (nSPS) is 27.9. The molecule has 0 aromatic carbocycles. The van der Waals surface area contributed by atoms with Crippen LogP contribution in [0.5, 0.6) is 0 Å². The zero-order valence-electron chi connectivity index (χ0n) is 20.1. The average molecular weight is 465 g/mol. The zero-order chi connectivity index (χ0) is 23.2.